The van der Waals surface area contributed by atoms with Gasteiger partial charge in [-0.2, -0.15) is 0 Å². The summed E-state index contributed by atoms with van der Waals surface area (Å²) >= 11 is 1.43. The SMILES string of the molecule is [O-][n+]1c(-c2cccs2)n(O)c2c3ccccc3c3ccccc3c21. The summed E-state index contributed by atoms with van der Waals surface area (Å²) in [4.78, 5) is 0.733. The third kappa shape index (κ3) is 1.59. The topological polar surface area (TPSA) is 52.1 Å². The van der Waals surface area contributed by atoms with Gasteiger partial charge in [-0.1, -0.05) is 42.5 Å². The molecule has 0 aliphatic rings. The highest BCUT2D eigenvalue weighted by Crippen LogP contribution is 2.36. The molecule has 0 spiro atoms. The lowest BCUT2D eigenvalue weighted by molar-refractivity contribution is -0.566. The van der Waals surface area contributed by atoms with Crippen LogP contribution in [0.3, 0.4) is 0 Å². The van der Waals surface area contributed by atoms with Crippen LogP contribution in [0.4, 0.5) is 0 Å². The van der Waals surface area contributed by atoms with E-state index in [1.807, 2.05) is 66.0 Å². The Morgan fingerprint density at radius 2 is 1.46 bits per heavy atom. The molecule has 0 saturated carbocycles. The molecule has 0 amide bonds. The van der Waals surface area contributed by atoms with Crippen molar-refractivity contribution >= 4 is 43.9 Å². The van der Waals surface area contributed by atoms with Gasteiger partial charge < -0.3 is 10.4 Å². The minimum Gasteiger partial charge on any atom is -0.710 e. The second-order valence-corrected chi connectivity index (χ2v) is 6.64. The first-order valence-electron chi connectivity index (χ1n) is 7.58. The molecule has 5 heteroatoms. The lowest BCUT2D eigenvalue weighted by Crippen LogP contribution is -2.28. The Bertz CT molecular complexity index is 1140. The number of rotatable bonds is 1. The zero-order chi connectivity index (χ0) is 16.3. The van der Waals surface area contributed by atoms with Crippen LogP contribution >= 0.6 is 11.3 Å². The predicted octanol–water partition coefficient (Wildman–Crippen LogP) is 4.55. The molecule has 0 radical (unpaired) electrons. The van der Waals surface area contributed by atoms with E-state index >= 15 is 0 Å². The minimum absolute atomic E-state index is 0.251. The van der Waals surface area contributed by atoms with Crippen molar-refractivity contribution < 1.29 is 9.94 Å². The molecule has 0 fully saturated rings. The average molecular weight is 332 g/mol. The summed E-state index contributed by atoms with van der Waals surface area (Å²) < 4.78 is 1.87. The fraction of sp³-hybridized carbons (Fsp3) is 0. The lowest BCUT2D eigenvalue weighted by atomic mass is 10.00. The second-order valence-electron chi connectivity index (χ2n) is 5.70. The van der Waals surface area contributed by atoms with Crippen LogP contribution in [-0.2, 0) is 0 Å². The minimum atomic E-state index is 0.251. The summed E-state index contributed by atoms with van der Waals surface area (Å²) in [6.45, 7) is 0. The van der Waals surface area contributed by atoms with Gasteiger partial charge in [-0.05, 0) is 39.1 Å². The van der Waals surface area contributed by atoms with E-state index in [1.165, 1.54) is 11.3 Å². The summed E-state index contributed by atoms with van der Waals surface area (Å²) in [6.07, 6.45) is 0. The van der Waals surface area contributed by atoms with Gasteiger partial charge in [0.05, 0.1) is 0 Å². The lowest BCUT2D eigenvalue weighted by Gasteiger charge is -2.06. The first kappa shape index (κ1) is 13.4. The third-order valence-corrected chi connectivity index (χ3v) is 5.29. The molecule has 5 aromatic rings. The molecule has 0 aliphatic heterocycles. The summed E-state index contributed by atoms with van der Waals surface area (Å²) in [6, 6.07) is 19.4. The van der Waals surface area contributed by atoms with Crippen LogP contribution in [0.15, 0.2) is 66.0 Å². The molecule has 0 unspecified atom stereocenters. The predicted molar refractivity (Wildman–Crippen MR) is 96.4 cm³/mol. The molecular weight excluding hydrogens is 320 g/mol. The molecule has 24 heavy (non-hydrogen) atoms. The van der Waals surface area contributed by atoms with Crippen LogP contribution in [0.5, 0.6) is 0 Å². The summed E-state index contributed by atoms with van der Waals surface area (Å²) in [5.41, 5.74) is 1.04. The Labute approximate surface area is 141 Å². The first-order valence-corrected chi connectivity index (χ1v) is 8.46. The van der Waals surface area contributed by atoms with Crippen molar-refractivity contribution in [2.45, 2.75) is 0 Å². The van der Waals surface area contributed by atoms with Crippen molar-refractivity contribution in [3.8, 4) is 10.7 Å². The van der Waals surface area contributed by atoms with Gasteiger partial charge in [0.2, 0.25) is 5.52 Å². The Kier molecular flexibility index (Phi) is 2.64. The third-order valence-electron chi connectivity index (χ3n) is 4.43. The molecule has 3 aromatic carbocycles. The van der Waals surface area contributed by atoms with Crippen LogP contribution in [0.25, 0.3) is 43.3 Å². The number of hydrogen-bond donors (Lipinski definition) is 1. The fourth-order valence-electron chi connectivity index (χ4n) is 3.43. The number of thiophene rings is 1. The van der Waals surface area contributed by atoms with E-state index in [1.54, 1.807) is 0 Å². The van der Waals surface area contributed by atoms with Crippen molar-refractivity contribution in [1.29, 1.82) is 0 Å². The van der Waals surface area contributed by atoms with E-state index in [9.17, 15) is 10.4 Å². The van der Waals surface area contributed by atoms with Gasteiger partial charge in [0.25, 0.3) is 0 Å². The normalized spacial score (nSPS) is 11.7. The van der Waals surface area contributed by atoms with Gasteiger partial charge in [0.15, 0.2) is 5.52 Å². The Hall–Kier alpha value is -3.05. The highest BCUT2D eigenvalue weighted by atomic mass is 32.1. The monoisotopic (exact) mass is 332 g/mol. The van der Waals surface area contributed by atoms with Crippen molar-refractivity contribution in [1.82, 2.24) is 4.73 Å². The Balaban J connectivity index is 2.13. The van der Waals surface area contributed by atoms with Crippen LogP contribution < -0.4 is 4.73 Å². The van der Waals surface area contributed by atoms with Crippen molar-refractivity contribution in [3.05, 3.63) is 71.3 Å². The van der Waals surface area contributed by atoms with Gasteiger partial charge in [0, 0.05) is 10.8 Å². The Morgan fingerprint density at radius 1 is 0.833 bits per heavy atom. The van der Waals surface area contributed by atoms with E-state index in [0.29, 0.717) is 11.0 Å². The van der Waals surface area contributed by atoms with E-state index in [4.69, 9.17) is 0 Å². The van der Waals surface area contributed by atoms with E-state index in [2.05, 4.69) is 0 Å². The highest BCUT2D eigenvalue weighted by molar-refractivity contribution is 7.13. The van der Waals surface area contributed by atoms with Gasteiger partial charge in [0.1, 0.15) is 4.88 Å². The second kappa shape index (κ2) is 4.72. The van der Waals surface area contributed by atoms with Gasteiger partial charge in [-0.15, -0.1) is 11.3 Å². The first-order chi connectivity index (χ1) is 11.8. The Morgan fingerprint density at radius 3 is 2.12 bits per heavy atom. The fourth-order valence-corrected chi connectivity index (χ4v) is 4.17. The van der Waals surface area contributed by atoms with E-state index < -0.39 is 0 Å². The zero-order valence-corrected chi connectivity index (χ0v) is 13.3. The number of fused-ring (bicyclic) bond motifs is 6. The zero-order valence-electron chi connectivity index (χ0n) is 12.5. The molecule has 0 bridgehead atoms. The maximum absolute atomic E-state index is 13.0. The molecule has 0 saturated heterocycles. The molecule has 5 rings (SSSR count). The van der Waals surface area contributed by atoms with Crippen molar-refractivity contribution in [2.24, 2.45) is 0 Å². The van der Waals surface area contributed by atoms with Crippen molar-refractivity contribution in [2.75, 3.05) is 0 Å². The standard InChI is InChI=1S/C19H12N2O2S/c22-20-17-14-8-3-1-6-12(14)13-7-2-4-9-15(13)18(17)21(23)19(20)16-10-5-11-24-16/h1-11,22H. The maximum Gasteiger partial charge on any atom is 0.342 e. The quantitative estimate of drug-likeness (QED) is 0.212. The molecule has 2 aromatic heterocycles. The van der Waals surface area contributed by atoms with Crippen molar-refractivity contribution in [3.63, 3.8) is 0 Å². The number of imidazole rings is 1. The van der Waals surface area contributed by atoms with Crippen LogP contribution in [0, 0.1) is 5.21 Å². The molecular formula is C19H12N2O2S. The van der Waals surface area contributed by atoms with E-state index in [0.717, 1.165) is 35.9 Å². The van der Waals surface area contributed by atoms with Gasteiger partial charge >= 0.3 is 5.82 Å². The number of benzene rings is 3. The molecule has 1 N–H and O–H groups in total. The number of hydrogen-bond acceptors (Lipinski definition) is 3. The number of aromatic nitrogens is 2. The van der Waals surface area contributed by atoms with E-state index in [-0.39, 0.29) is 5.82 Å². The average Bonchev–Trinajstić information content (AvgIpc) is 3.22. The van der Waals surface area contributed by atoms with Gasteiger partial charge in [-0.25, -0.2) is 4.73 Å². The van der Waals surface area contributed by atoms with Gasteiger partial charge in [-0.3, -0.25) is 0 Å². The summed E-state index contributed by atoms with van der Waals surface area (Å²) in [5.74, 6) is 0.251. The molecule has 0 atom stereocenters. The highest BCUT2D eigenvalue weighted by Gasteiger charge is 2.28. The van der Waals surface area contributed by atoms with Crippen LogP contribution in [0.2, 0.25) is 0 Å². The largest absolute Gasteiger partial charge is 0.710 e. The molecule has 4 nitrogen and oxygen atoms in total. The summed E-state index contributed by atoms with van der Waals surface area (Å²) in [7, 11) is 0. The van der Waals surface area contributed by atoms with Crippen LogP contribution in [0.1, 0.15) is 0 Å². The molecule has 0 aliphatic carbocycles. The summed E-state index contributed by atoms with van der Waals surface area (Å²) in [5, 5.41) is 29.5. The molecule has 116 valence electrons. The molecule has 2 heterocycles. The number of nitrogens with zero attached hydrogens (tertiary/aromatic N) is 2. The maximum atomic E-state index is 13.0. The smallest absolute Gasteiger partial charge is 0.342 e. The van der Waals surface area contributed by atoms with Crippen LogP contribution in [-0.4, -0.2) is 9.94 Å².